The van der Waals surface area contributed by atoms with Gasteiger partial charge in [0.05, 0.1) is 6.61 Å². The van der Waals surface area contributed by atoms with Gasteiger partial charge in [0.2, 0.25) is 0 Å². The van der Waals surface area contributed by atoms with Crippen LogP contribution < -0.4 is 9.64 Å². The number of anilines is 1. The molecule has 0 unspecified atom stereocenters. The molecule has 2 heterocycles. The van der Waals surface area contributed by atoms with Crippen LogP contribution in [-0.4, -0.2) is 33.5 Å². The first-order valence-corrected chi connectivity index (χ1v) is 8.45. The highest BCUT2D eigenvalue weighted by Gasteiger charge is 2.38. The maximum atomic E-state index is 13.2. The number of aryl methyl sites for hydroxylation is 1. The summed E-state index contributed by atoms with van der Waals surface area (Å²) in [5.74, 6) is 0.0882. The zero-order chi connectivity index (χ0) is 19.8. The van der Waals surface area contributed by atoms with E-state index in [1.807, 2.05) is 38.1 Å². The molecule has 6 nitrogen and oxygen atoms in total. The molecule has 0 saturated carbocycles. The summed E-state index contributed by atoms with van der Waals surface area (Å²) in [6, 6.07) is 7.57. The second kappa shape index (κ2) is 7.05. The third-order valence-corrected chi connectivity index (χ3v) is 4.34. The first kappa shape index (κ1) is 18.9. The molecule has 0 fully saturated rings. The number of alkyl halides is 3. The lowest BCUT2D eigenvalue weighted by Crippen LogP contribution is -2.22. The van der Waals surface area contributed by atoms with Crippen molar-refractivity contribution in [1.29, 1.82) is 0 Å². The van der Waals surface area contributed by atoms with Gasteiger partial charge in [-0.3, -0.25) is 0 Å². The molecule has 0 saturated heterocycles. The standard InChI is InChI=1S/C18H20F3N5O/c1-5-27-14-8-6-13(7-9-14)10-25(4)16-12(3)11(2)15-22-23-17(18(19,20)21)26(15)24-16/h6-9H,5,10H2,1-4H3. The maximum absolute atomic E-state index is 13.2. The first-order valence-electron chi connectivity index (χ1n) is 8.45. The number of halogens is 3. The monoisotopic (exact) mass is 379 g/mol. The van der Waals surface area contributed by atoms with Crippen LogP contribution in [0.2, 0.25) is 0 Å². The number of ether oxygens (including phenoxy) is 1. The molecular formula is C18H20F3N5O. The van der Waals surface area contributed by atoms with E-state index < -0.39 is 12.0 Å². The van der Waals surface area contributed by atoms with Crippen molar-refractivity contribution in [3.63, 3.8) is 0 Å². The number of benzene rings is 1. The lowest BCUT2D eigenvalue weighted by atomic mass is 10.1. The molecule has 0 amide bonds. The van der Waals surface area contributed by atoms with Gasteiger partial charge in [0.25, 0.3) is 5.82 Å². The van der Waals surface area contributed by atoms with Crippen molar-refractivity contribution < 1.29 is 17.9 Å². The second-order valence-corrected chi connectivity index (χ2v) is 6.26. The van der Waals surface area contributed by atoms with Crippen LogP contribution in [0.25, 0.3) is 5.65 Å². The van der Waals surface area contributed by atoms with E-state index >= 15 is 0 Å². The van der Waals surface area contributed by atoms with Gasteiger partial charge in [0, 0.05) is 24.7 Å². The minimum absolute atomic E-state index is 0.109. The van der Waals surface area contributed by atoms with Gasteiger partial charge in [-0.2, -0.15) is 17.7 Å². The van der Waals surface area contributed by atoms with Crippen LogP contribution in [0.5, 0.6) is 5.75 Å². The molecule has 0 aliphatic carbocycles. The molecule has 9 heteroatoms. The third-order valence-electron chi connectivity index (χ3n) is 4.34. The van der Waals surface area contributed by atoms with Crippen LogP contribution >= 0.6 is 0 Å². The fraction of sp³-hybridized carbons (Fsp3) is 0.389. The lowest BCUT2D eigenvalue weighted by Gasteiger charge is -2.22. The Morgan fingerprint density at radius 3 is 2.33 bits per heavy atom. The Labute approximate surface area is 154 Å². The topological polar surface area (TPSA) is 55.5 Å². The van der Waals surface area contributed by atoms with Crippen LogP contribution in [0.15, 0.2) is 24.3 Å². The van der Waals surface area contributed by atoms with Gasteiger partial charge < -0.3 is 9.64 Å². The third kappa shape index (κ3) is 3.67. The summed E-state index contributed by atoms with van der Waals surface area (Å²) in [7, 11) is 1.79. The molecule has 0 bridgehead atoms. The van der Waals surface area contributed by atoms with E-state index in [4.69, 9.17) is 4.74 Å². The van der Waals surface area contributed by atoms with Gasteiger partial charge in [-0.25, -0.2) is 0 Å². The first-order chi connectivity index (χ1) is 12.7. The van der Waals surface area contributed by atoms with Gasteiger partial charge in [0.1, 0.15) is 5.75 Å². The fourth-order valence-electron chi connectivity index (χ4n) is 2.86. The van der Waals surface area contributed by atoms with Gasteiger partial charge in [-0.1, -0.05) is 12.1 Å². The molecule has 0 aliphatic rings. The molecule has 27 heavy (non-hydrogen) atoms. The van der Waals surface area contributed by atoms with E-state index in [9.17, 15) is 13.2 Å². The lowest BCUT2D eigenvalue weighted by molar-refractivity contribution is -0.146. The van der Waals surface area contributed by atoms with E-state index in [0.717, 1.165) is 21.4 Å². The molecule has 0 N–H and O–H groups in total. The Balaban J connectivity index is 1.96. The quantitative estimate of drug-likeness (QED) is 0.675. The average molecular weight is 379 g/mol. The van der Waals surface area contributed by atoms with Gasteiger partial charge >= 0.3 is 6.18 Å². The van der Waals surface area contributed by atoms with Crippen LogP contribution in [0, 0.1) is 13.8 Å². The summed E-state index contributed by atoms with van der Waals surface area (Å²) in [6.45, 7) is 6.51. The molecule has 144 valence electrons. The molecule has 3 rings (SSSR count). The normalized spacial score (nSPS) is 11.8. The average Bonchev–Trinajstić information content (AvgIpc) is 3.04. The predicted molar refractivity (Wildman–Crippen MR) is 95.0 cm³/mol. The van der Waals surface area contributed by atoms with E-state index in [0.29, 0.717) is 24.5 Å². The van der Waals surface area contributed by atoms with Gasteiger partial charge in [-0.15, -0.1) is 15.3 Å². The summed E-state index contributed by atoms with van der Waals surface area (Å²) in [6.07, 6.45) is -4.63. The van der Waals surface area contributed by atoms with Crippen molar-refractivity contribution in [2.75, 3.05) is 18.6 Å². The summed E-state index contributed by atoms with van der Waals surface area (Å²) >= 11 is 0. The Bertz CT molecular complexity index is 950. The zero-order valence-corrected chi connectivity index (χ0v) is 15.5. The van der Waals surface area contributed by atoms with Crippen LogP contribution in [0.1, 0.15) is 29.4 Å². The number of nitrogens with zero attached hydrogens (tertiary/aromatic N) is 5. The van der Waals surface area contributed by atoms with Crippen molar-refractivity contribution >= 4 is 11.5 Å². The molecule has 1 aromatic carbocycles. The number of hydrogen-bond donors (Lipinski definition) is 0. The van der Waals surface area contributed by atoms with Crippen molar-refractivity contribution in [3.8, 4) is 5.75 Å². The Morgan fingerprint density at radius 2 is 1.74 bits per heavy atom. The summed E-state index contributed by atoms with van der Waals surface area (Å²) in [5, 5.41) is 11.1. The molecule has 0 radical (unpaired) electrons. The van der Waals surface area contributed by atoms with E-state index in [2.05, 4.69) is 15.3 Å². The predicted octanol–water partition coefficient (Wildman–Crippen LogP) is 3.80. The van der Waals surface area contributed by atoms with Crippen molar-refractivity contribution in [1.82, 2.24) is 19.8 Å². The van der Waals surface area contributed by atoms with E-state index in [1.165, 1.54) is 0 Å². The Kier molecular flexibility index (Phi) is 4.95. The van der Waals surface area contributed by atoms with E-state index in [-0.39, 0.29) is 5.65 Å². The van der Waals surface area contributed by atoms with Crippen molar-refractivity contribution in [3.05, 3.63) is 46.8 Å². The molecule has 2 aromatic heterocycles. The van der Waals surface area contributed by atoms with Crippen LogP contribution in [0.4, 0.5) is 19.0 Å². The Morgan fingerprint density at radius 1 is 1.07 bits per heavy atom. The summed E-state index contributed by atoms with van der Waals surface area (Å²) < 4.78 is 45.7. The molecule has 0 aliphatic heterocycles. The minimum atomic E-state index is -4.63. The highest BCUT2D eigenvalue weighted by atomic mass is 19.4. The SMILES string of the molecule is CCOc1ccc(CN(C)c2nn3c(C(F)(F)F)nnc3c(C)c2C)cc1. The smallest absolute Gasteiger partial charge is 0.453 e. The van der Waals surface area contributed by atoms with Gasteiger partial charge in [-0.05, 0) is 38.5 Å². The second-order valence-electron chi connectivity index (χ2n) is 6.26. The molecule has 0 spiro atoms. The van der Waals surface area contributed by atoms with Crippen LogP contribution in [-0.2, 0) is 12.7 Å². The largest absolute Gasteiger partial charge is 0.494 e. The summed E-state index contributed by atoms with van der Waals surface area (Å²) in [4.78, 5) is 1.80. The number of aromatic nitrogens is 4. The fourth-order valence-corrected chi connectivity index (χ4v) is 2.86. The zero-order valence-electron chi connectivity index (χ0n) is 15.5. The highest BCUT2D eigenvalue weighted by molar-refractivity contribution is 5.59. The maximum Gasteiger partial charge on any atom is 0.453 e. The van der Waals surface area contributed by atoms with Crippen molar-refractivity contribution in [2.24, 2.45) is 0 Å². The summed E-state index contributed by atoms with van der Waals surface area (Å²) in [5.41, 5.74) is 2.47. The van der Waals surface area contributed by atoms with Crippen molar-refractivity contribution in [2.45, 2.75) is 33.5 Å². The highest BCUT2D eigenvalue weighted by Crippen LogP contribution is 2.30. The van der Waals surface area contributed by atoms with Crippen LogP contribution in [0.3, 0.4) is 0 Å². The number of fused-ring (bicyclic) bond motifs is 1. The number of hydrogen-bond acceptors (Lipinski definition) is 5. The molecule has 0 atom stereocenters. The molecule has 3 aromatic rings. The molecular weight excluding hydrogens is 359 g/mol. The minimum Gasteiger partial charge on any atom is -0.494 e. The number of rotatable bonds is 5. The van der Waals surface area contributed by atoms with Gasteiger partial charge in [0.15, 0.2) is 11.5 Å². The Hall–Kier alpha value is -2.84. The van der Waals surface area contributed by atoms with E-state index in [1.54, 1.807) is 18.9 Å².